The number of anilines is 1. The standard InChI is InChI=1S/C22H29N3O/c23-21-11-9-18(10-12-21)15-22(26)24-16-19-5-7-20(8-6-19)17-25-13-3-1-2-4-14-25/h5-12H,1-4,13-17,23H2,(H,24,26). The average Bonchev–Trinajstić information content (AvgIpc) is 2.92. The number of likely N-dealkylation sites (tertiary alicyclic amines) is 1. The summed E-state index contributed by atoms with van der Waals surface area (Å²) in [4.78, 5) is 14.6. The van der Waals surface area contributed by atoms with E-state index in [-0.39, 0.29) is 5.91 Å². The fraction of sp³-hybridized carbons (Fsp3) is 0.409. The molecule has 0 saturated carbocycles. The van der Waals surface area contributed by atoms with Crippen LogP contribution in [0.4, 0.5) is 5.69 Å². The molecule has 0 radical (unpaired) electrons. The Labute approximate surface area is 156 Å². The molecule has 1 aliphatic rings. The van der Waals surface area contributed by atoms with Crippen LogP contribution in [0.25, 0.3) is 0 Å². The van der Waals surface area contributed by atoms with Gasteiger partial charge in [-0.25, -0.2) is 0 Å². The highest BCUT2D eigenvalue weighted by Gasteiger charge is 2.09. The van der Waals surface area contributed by atoms with Crippen LogP contribution in [-0.4, -0.2) is 23.9 Å². The fourth-order valence-electron chi connectivity index (χ4n) is 3.40. The topological polar surface area (TPSA) is 58.4 Å². The van der Waals surface area contributed by atoms with Crippen molar-refractivity contribution in [3.63, 3.8) is 0 Å². The second kappa shape index (κ2) is 9.39. The van der Waals surface area contributed by atoms with Crippen molar-refractivity contribution in [2.45, 2.75) is 45.2 Å². The van der Waals surface area contributed by atoms with Gasteiger partial charge < -0.3 is 11.1 Å². The van der Waals surface area contributed by atoms with Gasteiger partial charge in [0, 0.05) is 18.8 Å². The van der Waals surface area contributed by atoms with Crippen molar-refractivity contribution in [1.82, 2.24) is 10.2 Å². The number of benzene rings is 2. The lowest BCUT2D eigenvalue weighted by molar-refractivity contribution is -0.120. The molecule has 1 fully saturated rings. The normalized spacial score (nSPS) is 15.4. The Kier molecular flexibility index (Phi) is 6.67. The lowest BCUT2D eigenvalue weighted by Gasteiger charge is -2.19. The van der Waals surface area contributed by atoms with Crippen molar-refractivity contribution < 1.29 is 4.79 Å². The first-order chi connectivity index (χ1) is 12.7. The summed E-state index contributed by atoms with van der Waals surface area (Å²) in [6, 6.07) is 16.1. The Bertz CT molecular complexity index is 686. The minimum Gasteiger partial charge on any atom is -0.399 e. The third-order valence-corrected chi connectivity index (χ3v) is 4.96. The number of nitrogens with one attached hydrogen (secondary N) is 1. The summed E-state index contributed by atoms with van der Waals surface area (Å²) in [6.45, 7) is 4.02. The summed E-state index contributed by atoms with van der Waals surface area (Å²) in [5.74, 6) is 0.0309. The molecule has 2 aromatic rings. The van der Waals surface area contributed by atoms with Gasteiger partial charge in [-0.1, -0.05) is 49.2 Å². The van der Waals surface area contributed by atoms with E-state index in [1.807, 2.05) is 24.3 Å². The Balaban J connectivity index is 1.44. The van der Waals surface area contributed by atoms with E-state index in [0.29, 0.717) is 13.0 Å². The number of carbonyl (C=O) groups excluding carboxylic acids is 1. The van der Waals surface area contributed by atoms with Gasteiger partial charge >= 0.3 is 0 Å². The summed E-state index contributed by atoms with van der Waals surface area (Å²) in [5.41, 5.74) is 9.85. The first-order valence-electron chi connectivity index (χ1n) is 9.60. The number of carbonyl (C=O) groups is 1. The number of amides is 1. The molecule has 0 aromatic heterocycles. The molecular formula is C22H29N3O. The van der Waals surface area contributed by atoms with Crippen molar-refractivity contribution in [3.8, 4) is 0 Å². The van der Waals surface area contributed by atoms with Crippen LogP contribution < -0.4 is 11.1 Å². The van der Waals surface area contributed by atoms with E-state index in [9.17, 15) is 4.79 Å². The SMILES string of the molecule is Nc1ccc(CC(=O)NCc2ccc(CN3CCCCCC3)cc2)cc1. The average molecular weight is 351 g/mol. The third-order valence-electron chi connectivity index (χ3n) is 4.96. The molecule has 0 aliphatic carbocycles. The van der Waals surface area contributed by atoms with Crippen molar-refractivity contribution in [2.24, 2.45) is 0 Å². The zero-order chi connectivity index (χ0) is 18.2. The summed E-state index contributed by atoms with van der Waals surface area (Å²) in [7, 11) is 0. The van der Waals surface area contributed by atoms with Crippen LogP contribution in [-0.2, 0) is 24.3 Å². The van der Waals surface area contributed by atoms with Crippen molar-refractivity contribution in [2.75, 3.05) is 18.8 Å². The fourth-order valence-corrected chi connectivity index (χ4v) is 3.40. The molecule has 4 nitrogen and oxygen atoms in total. The molecule has 3 rings (SSSR count). The number of hydrogen-bond donors (Lipinski definition) is 2. The van der Waals surface area contributed by atoms with Gasteiger partial charge in [-0.15, -0.1) is 0 Å². The Morgan fingerprint density at radius 1 is 0.846 bits per heavy atom. The number of nitrogens with zero attached hydrogens (tertiary/aromatic N) is 1. The molecule has 1 amide bonds. The number of nitrogens with two attached hydrogens (primary N) is 1. The van der Waals surface area contributed by atoms with Crippen molar-refractivity contribution >= 4 is 11.6 Å². The number of rotatable bonds is 6. The molecule has 0 bridgehead atoms. The minimum atomic E-state index is 0.0309. The highest BCUT2D eigenvalue weighted by molar-refractivity contribution is 5.78. The Morgan fingerprint density at radius 3 is 2.08 bits per heavy atom. The molecule has 0 unspecified atom stereocenters. The lowest BCUT2D eigenvalue weighted by atomic mass is 10.1. The van der Waals surface area contributed by atoms with E-state index in [2.05, 4.69) is 34.5 Å². The van der Waals surface area contributed by atoms with Crippen LogP contribution in [0, 0.1) is 0 Å². The van der Waals surface area contributed by atoms with E-state index in [0.717, 1.165) is 23.4 Å². The molecule has 26 heavy (non-hydrogen) atoms. The van der Waals surface area contributed by atoms with Gasteiger partial charge in [-0.2, -0.15) is 0 Å². The van der Waals surface area contributed by atoms with E-state index in [1.54, 1.807) is 0 Å². The molecule has 4 heteroatoms. The van der Waals surface area contributed by atoms with Gasteiger partial charge in [-0.3, -0.25) is 9.69 Å². The van der Waals surface area contributed by atoms with E-state index in [1.165, 1.54) is 44.3 Å². The summed E-state index contributed by atoms with van der Waals surface area (Å²) in [6.07, 6.45) is 5.75. The maximum absolute atomic E-state index is 12.1. The smallest absolute Gasteiger partial charge is 0.224 e. The first-order valence-corrected chi connectivity index (χ1v) is 9.60. The van der Waals surface area contributed by atoms with Gasteiger partial charge in [0.05, 0.1) is 6.42 Å². The minimum absolute atomic E-state index is 0.0309. The predicted octanol–water partition coefficient (Wildman–Crippen LogP) is 3.50. The van der Waals surface area contributed by atoms with Gasteiger partial charge in [0.15, 0.2) is 0 Å². The number of nitrogen functional groups attached to an aromatic ring is 1. The van der Waals surface area contributed by atoms with Crippen molar-refractivity contribution in [3.05, 3.63) is 65.2 Å². The molecule has 0 spiro atoms. The van der Waals surface area contributed by atoms with Crippen LogP contribution >= 0.6 is 0 Å². The number of hydrogen-bond acceptors (Lipinski definition) is 3. The summed E-state index contributed by atoms with van der Waals surface area (Å²) in [5, 5.41) is 2.99. The molecule has 1 aliphatic heterocycles. The molecule has 1 heterocycles. The first kappa shape index (κ1) is 18.5. The highest BCUT2D eigenvalue weighted by atomic mass is 16.1. The predicted molar refractivity (Wildman–Crippen MR) is 107 cm³/mol. The zero-order valence-electron chi connectivity index (χ0n) is 15.4. The van der Waals surface area contributed by atoms with Gasteiger partial charge in [0.25, 0.3) is 0 Å². The van der Waals surface area contributed by atoms with Crippen LogP contribution in [0.5, 0.6) is 0 Å². The quantitative estimate of drug-likeness (QED) is 0.783. The maximum atomic E-state index is 12.1. The monoisotopic (exact) mass is 351 g/mol. The van der Waals surface area contributed by atoms with E-state index < -0.39 is 0 Å². The largest absolute Gasteiger partial charge is 0.399 e. The van der Waals surface area contributed by atoms with Crippen LogP contribution in [0.3, 0.4) is 0 Å². The molecule has 2 aromatic carbocycles. The molecular weight excluding hydrogens is 322 g/mol. The third kappa shape index (κ3) is 5.88. The lowest BCUT2D eigenvalue weighted by Crippen LogP contribution is -2.25. The maximum Gasteiger partial charge on any atom is 0.224 e. The zero-order valence-corrected chi connectivity index (χ0v) is 15.4. The van der Waals surface area contributed by atoms with Gasteiger partial charge in [0.1, 0.15) is 0 Å². The summed E-state index contributed by atoms with van der Waals surface area (Å²) < 4.78 is 0. The molecule has 0 atom stereocenters. The van der Waals surface area contributed by atoms with Gasteiger partial charge in [-0.05, 0) is 54.8 Å². The van der Waals surface area contributed by atoms with Crippen LogP contribution in [0.2, 0.25) is 0 Å². The molecule has 138 valence electrons. The molecule has 1 saturated heterocycles. The Morgan fingerprint density at radius 2 is 1.42 bits per heavy atom. The van der Waals surface area contributed by atoms with Crippen molar-refractivity contribution in [1.29, 1.82) is 0 Å². The highest BCUT2D eigenvalue weighted by Crippen LogP contribution is 2.14. The van der Waals surface area contributed by atoms with Crippen LogP contribution in [0.1, 0.15) is 42.4 Å². The Hall–Kier alpha value is -2.33. The second-order valence-electron chi connectivity index (χ2n) is 7.20. The second-order valence-corrected chi connectivity index (χ2v) is 7.20. The molecule has 3 N–H and O–H groups in total. The van der Waals surface area contributed by atoms with Crippen LogP contribution in [0.15, 0.2) is 48.5 Å². The summed E-state index contributed by atoms with van der Waals surface area (Å²) >= 11 is 0. The van der Waals surface area contributed by atoms with E-state index >= 15 is 0 Å². The van der Waals surface area contributed by atoms with Gasteiger partial charge in [0.2, 0.25) is 5.91 Å². The van der Waals surface area contributed by atoms with E-state index in [4.69, 9.17) is 5.73 Å².